The van der Waals surface area contributed by atoms with Gasteiger partial charge in [-0.3, -0.25) is 0 Å². The minimum Gasteiger partial charge on any atom is -0.378 e. The Balaban J connectivity index is 1.55. The van der Waals surface area contributed by atoms with Crippen molar-refractivity contribution in [2.45, 2.75) is 32.8 Å². The number of rotatable bonds is 5. The Hall–Kier alpha value is -1.01. The standard InChI is InChI=1S/C17H28N4OS/c1-14(2)12-22-15-3-5-20(6-4-15)16-11-17(19-13-18-16)21-7-9-23-10-8-21/h11,13-15H,3-10,12H2,1-2H3. The third-order valence-corrected chi connectivity index (χ3v) is 5.35. The zero-order chi connectivity index (χ0) is 16.1. The second kappa shape index (κ2) is 8.20. The summed E-state index contributed by atoms with van der Waals surface area (Å²) in [5.74, 6) is 5.14. The molecule has 3 rings (SSSR count). The van der Waals surface area contributed by atoms with Crippen LogP contribution in [0.15, 0.2) is 12.4 Å². The average Bonchev–Trinajstić information content (AvgIpc) is 2.61. The molecule has 0 N–H and O–H groups in total. The van der Waals surface area contributed by atoms with Crippen LogP contribution in [0.2, 0.25) is 0 Å². The molecule has 3 heterocycles. The summed E-state index contributed by atoms with van der Waals surface area (Å²) in [7, 11) is 0. The third kappa shape index (κ3) is 4.73. The van der Waals surface area contributed by atoms with E-state index in [0.29, 0.717) is 12.0 Å². The van der Waals surface area contributed by atoms with Gasteiger partial charge < -0.3 is 14.5 Å². The number of hydrogen-bond donors (Lipinski definition) is 0. The van der Waals surface area contributed by atoms with E-state index in [9.17, 15) is 0 Å². The van der Waals surface area contributed by atoms with Crippen molar-refractivity contribution in [1.29, 1.82) is 0 Å². The van der Waals surface area contributed by atoms with Crippen LogP contribution in [0.3, 0.4) is 0 Å². The summed E-state index contributed by atoms with van der Waals surface area (Å²) in [6.07, 6.45) is 4.31. The second-order valence-corrected chi connectivity index (χ2v) is 7.97. The summed E-state index contributed by atoms with van der Waals surface area (Å²) in [5.41, 5.74) is 0. The highest BCUT2D eigenvalue weighted by Crippen LogP contribution is 2.24. The molecule has 0 amide bonds. The molecule has 5 nitrogen and oxygen atoms in total. The minimum absolute atomic E-state index is 0.411. The van der Waals surface area contributed by atoms with Crippen LogP contribution >= 0.6 is 11.8 Å². The summed E-state index contributed by atoms with van der Waals surface area (Å²) in [4.78, 5) is 13.7. The fourth-order valence-electron chi connectivity index (χ4n) is 3.06. The van der Waals surface area contributed by atoms with Crippen molar-refractivity contribution >= 4 is 23.4 Å². The average molecular weight is 337 g/mol. The van der Waals surface area contributed by atoms with E-state index in [4.69, 9.17) is 4.74 Å². The predicted octanol–water partition coefficient (Wildman–Crippen LogP) is 2.67. The predicted molar refractivity (Wildman–Crippen MR) is 97.6 cm³/mol. The molecule has 1 aromatic heterocycles. The monoisotopic (exact) mass is 336 g/mol. The smallest absolute Gasteiger partial charge is 0.134 e. The Morgan fingerprint density at radius 1 is 1.09 bits per heavy atom. The molecule has 0 aliphatic carbocycles. The SMILES string of the molecule is CC(C)COC1CCN(c2cc(N3CCSCC3)ncn2)CC1. The van der Waals surface area contributed by atoms with Crippen molar-refractivity contribution in [1.82, 2.24) is 9.97 Å². The van der Waals surface area contributed by atoms with Crippen LogP contribution in [0.1, 0.15) is 26.7 Å². The summed E-state index contributed by atoms with van der Waals surface area (Å²) in [5, 5.41) is 0. The van der Waals surface area contributed by atoms with Gasteiger partial charge in [0, 0.05) is 50.4 Å². The van der Waals surface area contributed by atoms with Crippen molar-refractivity contribution in [2.75, 3.05) is 54.1 Å². The van der Waals surface area contributed by atoms with E-state index < -0.39 is 0 Å². The van der Waals surface area contributed by atoms with Gasteiger partial charge in [0.2, 0.25) is 0 Å². The maximum Gasteiger partial charge on any atom is 0.134 e. The molecule has 2 aliphatic rings. The number of hydrogen-bond acceptors (Lipinski definition) is 6. The number of aromatic nitrogens is 2. The molecule has 0 saturated carbocycles. The van der Waals surface area contributed by atoms with Crippen molar-refractivity contribution in [2.24, 2.45) is 5.92 Å². The third-order valence-electron chi connectivity index (χ3n) is 4.40. The van der Waals surface area contributed by atoms with Gasteiger partial charge >= 0.3 is 0 Å². The molecular weight excluding hydrogens is 308 g/mol. The van der Waals surface area contributed by atoms with E-state index >= 15 is 0 Å². The Labute approximate surface area is 143 Å². The van der Waals surface area contributed by atoms with Crippen LogP contribution in [-0.4, -0.2) is 60.4 Å². The molecule has 23 heavy (non-hydrogen) atoms. The highest BCUT2D eigenvalue weighted by atomic mass is 32.2. The Morgan fingerprint density at radius 3 is 2.30 bits per heavy atom. The van der Waals surface area contributed by atoms with Gasteiger partial charge in [-0.1, -0.05) is 13.8 Å². The molecule has 2 aliphatic heterocycles. The first-order chi connectivity index (χ1) is 11.2. The van der Waals surface area contributed by atoms with E-state index in [-0.39, 0.29) is 0 Å². The number of ether oxygens (including phenoxy) is 1. The first-order valence-electron chi connectivity index (χ1n) is 8.73. The lowest BCUT2D eigenvalue weighted by atomic mass is 10.1. The largest absolute Gasteiger partial charge is 0.378 e. The van der Waals surface area contributed by atoms with Crippen molar-refractivity contribution < 1.29 is 4.74 Å². The van der Waals surface area contributed by atoms with Gasteiger partial charge in [-0.05, 0) is 18.8 Å². The zero-order valence-corrected chi connectivity index (χ0v) is 15.1. The number of anilines is 2. The van der Waals surface area contributed by atoms with Crippen LogP contribution in [-0.2, 0) is 4.74 Å². The quantitative estimate of drug-likeness (QED) is 0.823. The Kier molecular flexibility index (Phi) is 6.00. The zero-order valence-electron chi connectivity index (χ0n) is 14.3. The molecule has 0 unspecified atom stereocenters. The Morgan fingerprint density at radius 2 is 1.70 bits per heavy atom. The van der Waals surface area contributed by atoms with Crippen LogP contribution < -0.4 is 9.80 Å². The van der Waals surface area contributed by atoms with Crippen LogP contribution in [0.5, 0.6) is 0 Å². The number of thioether (sulfide) groups is 1. The van der Waals surface area contributed by atoms with E-state index in [1.165, 1.54) is 11.5 Å². The molecule has 2 saturated heterocycles. The van der Waals surface area contributed by atoms with Gasteiger partial charge in [0.25, 0.3) is 0 Å². The minimum atomic E-state index is 0.411. The van der Waals surface area contributed by atoms with Gasteiger partial charge in [0.05, 0.1) is 6.10 Å². The van der Waals surface area contributed by atoms with E-state index in [0.717, 1.165) is 57.3 Å². The maximum atomic E-state index is 5.98. The topological polar surface area (TPSA) is 41.5 Å². The molecule has 1 aromatic rings. The molecule has 0 spiro atoms. The maximum absolute atomic E-state index is 5.98. The van der Waals surface area contributed by atoms with E-state index in [1.54, 1.807) is 6.33 Å². The van der Waals surface area contributed by atoms with Crippen LogP contribution in [0, 0.1) is 5.92 Å². The number of nitrogens with zero attached hydrogens (tertiary/aromatic N) is 4. The molecule has 0 bridgehead atoms. The molecular formula is C17H28N4OS. The molecule has 0 aromatic carbocycles. The van der Waals surface area contributed by atoms with E-state index in [1.807, 2.05) is 11.8 Å². The highest BCUT2D eigenvalue weighted by molar-refractivity contribution is 7.99. The fraction of sp³-hybridized carbons (Fsp3) is 0.765. The van der Waals surface area contributed by atoms with Crippen LogP contribution in [0.4, 0.5) is 11.6 Å². The molecule has 128 valence electrons. The lowest BCUT2D eigenvalue weighted by Gasteiger charge is -2.34. The van der Waals surface area contributed by atoms with Gasteiger partial charge in [-0.2, -0.15) is 11.8 Å². The molecule has 6 heteroatoms. The second-order valence-electron chi connectivity index (χ2n) is 6.75. The van der Waals surface area contributed by atoms with Crippen molar-refractivity contribution in [3.63, 3.8) is 0 Å². The first-order valence-corrected chi connectivity index (χ1v) is 9.89. The molecule has 0 atom stereocenters. The fourth-order valence-corrected chi connectivity index (χ4v) is 3.96. The summed E-state index contributed by atoms with van der Waals surface area (Å²) in [6, 6.07) is 2.16. The first kappa shape index (κ1) is 16.8. The van der Waals surface area contributed by atoms with E-state index in [2.05, 4.69) is 39.7 Å². The summed E-state index contributed by atoms with van der Waals surface area (Å²) >= 11 is 2.02. The summed E-state index contributed by atoms with van der Waals surface area (Å²) < 4.78 is 5.98. The lowest BCUT2D eigenvalue weighted by Crippen LogP contribution is -2.38. The highest BCUT2D eigenvalue weighted by Gasteiger charge is 2.22. The molecule has 0 radical (unpaired) electrons. The van der Waals surface area contributed by atoms with Crippen molar-refractivity contribution in [3.05, 3.63) is 12.4 Å². The van der Waals surface area contributed by atoms with Crippen molar-refractivity contribution in [3.8, 4) is 0 Å². The van der Waals surface area contributed by atoms with Gasteiger partial charge in [0.15, 0.2) is 0 Å². The van der Waals surface area contributed by atoms with Gasteiger partial charge in [0.1, 0.15) is 18.0 Å². The van der Waals surface area contributed by atoms with Gasteiger partial charge in [-0.15, -0.1) is 0 Å². The number of piperidine rings is 1. The lowest BCUT2D eigenvalue weighted by molar-refractivity contribution is 0.0214. The summed E-state index contributed by atoms with van der Waals surface area (Å²) in [6.45, 7) is 9.51. The normalized spacial score (nSPS) is 20.3. The van der Waals surface area contributed by atoms with Gasteiger partial charge in [-0.25, -0.2) is 9.97 Å². The van der Waals surface area contributed by atoms with Crippen LogP contribution in [0.25, 0.3) is 0 Å². The molecule has 2 fully saturated rings. The Bertz CT molecular complexity index is 485.